The van der Waals surface area contributed by atoms with Crippen molar-refractivity contribution in [1.82, 2.24) is 0 Å². The molecule has 0 fully saturated rings. The highest BCUT2D eigenvalue weighted by molar-refractivity contribution is 7.22. The minimum Gasteiger partial charge on any atom is -0.462 e. The second-order valence-corrected chi connectivity index (χ2v) is 9.04. The molecule has 0 aliphatic carbocycles. The molecule has 0 bridgehead atoms. The van der Waals surface area contributed by atoms with Crippen LogP contribution in [0.5, 0.6) is 0 Å². The topological polar surface area (TPSA) is 64.6 Å². The van der Waals surface area contributed by atoms with E-state index in [1.165, 1.54) is 22.7 Å². The standard InChI is InChI=1S/C19H15Cl2NO4S2/c1-2-26-19(24)14-10-5-6-25-8-13(10)28-18(14)22-17(23)16-15(21)11-4-3-9(20)7-12(11)27-16/h3-4,7H,2,5-6,8H2,1H3,(H,22,23). The van der Waals surface area contributed by atoms with E-state index >= 15 is 0 Å². The highest BCUT2D eigenvalue weighted by Gasteiger charge is 2.28. The molecule has 0 radical (unpaired) electrons. The summed E-state index contributed by atoms with van der Waals surface area (Å²) in [4.78, 5) is 26.8. The van der Waals surface area contributed by atoms with Crippen molar-refractivity contribution >= 4 is 72.8 Å². The van der Waals surface area contributed by atoms with Gasteiger partial charge < -0.3 is 14.8 Å². The summed E-state index contributed by atoms with van der Waals surface area (Å²) in [6, 6.07) is 5.30. The van der Waals surface area contributed by atoms with Gasteiger partial charge in [0.1, 0.15) is 9.88 Å². The Morgan fingerprint density at radius 2 is 2.11 bits per heavy atom. The third kappa shape index (κ3) is 3.53. The van der Waals surface area contributed by atoms with Gasteiger partial charge in [0.05, 0.1) is 30.4 Å². The number of rotatable bonds is 4. The molecule has 0 atom stereocenters. The number of carbonyl (C=O) groups is 2. The third-order valence-corrected chi connectivity index (χ3v) is 7.34. The molecule has 3 heterocycles. The molecule has 1 amide bonds. The molecule has 5 nitrogen and oxygen atoms in total. The Bertz CT molecular complexity index is 1090. The minimum atomic E-state index is -0.439. The Hall–Kier alpha value is -1.64. The van der Waals surface area contributed by atoms with Crippen molar-refractivity contribution in [1.29, 1.82) is 0 Å². The number of halogens is 2. The van der Waals surface area contributed by atoms with Crippen molar-refractivity contribution in [3.8, 4) is 0 Å². The first-order chi connectivity index (χ1) is 13.5. The van der Waals surface area contributed by atoms with E-state index in [0.29, 0.717) is 45.1 Å². The van der Waals surface area contributed by atoms with E-state index < -0.39 is 5.97 Å². The molecule has 0 unspecified atom stereocenters. The predicted molar refractivity (Wildman–Crippen MR) is 113 cm³/mol. The summed E-state index contributed by atoms with van der Waals surface area (Å²) in [7, 11) is 0. The van der Waals surface area contributed by atoms with Crippen LogP contribution in [0.25, 0.3) is 10.1 Å². The molecule has 28 heavy (non-hydrogen) atoms. The monoisotopic (exact) mass is 455 g/mol. The fraction of sp³-hybridized carbons (Fsp3) is 0.263. The number of nitrogens with one attached hydrogen (secondary N) is 1. The van der Waals surface area contributed by atoms with E-state index in [0.717, 1.165) is 20.5 Å². The lowest BCUT2D eigenvalue weighted by Crippen LogP contribution is -2.16. The number of benzene rings is 1. The van der Waals surface area contributed by atoms with Gasteiger partial charge in [0.25, 0.3) is 5.91 Å². The van der Waals surface area contributed by atoms with Crippen molar-refractivity contribution in [2.75, 3.05) is 18.5 Å². The van der Waals surface area contributed by atoms with Crippen LogP contribution in [0.4, 0.5) is 5.00 Å². The van der Waals surface area contributed by atoms with Crippen LogP contribution < -0.4 is 5.32 Å². The van der Waals surface area contributed by atoms with Gasteiger partial charge in [0.15, 0.2) is 0 Å². The van der Waals surface area contributed by atoms with Crippen LogP contribution in [-0.2, 0) is 22.5 Å². The molecule has 0 saturated carbocycles. The Labute approximate surface area is 179 Å². The summed E-state index contributed by atoms with van der Waals surface area (Å²) in [6.07, 6.45) is 0.609. The molecule has 146 valence electrons. The van der Waals surface area contributed by atoms with E-state index in [1.807, 2.05) is 0 Å². The fourth-order valence-corrected chi connectivity index (χ4v) is 5.94. The van der Waals surface area contributed by atoms with Crippen LogP contribution >= 0.6 is 45.9 Å². The molecular weight excluding hydrogens is 441 g/mol. The van der Waals surface area contributed by atoms with E-state index in [9.17, 15) is 9.59 Å². The van der Waals surface area contributed by atoms with E-state index in [-0.39, 0.29) is 12.5 Å². The number of hydrogen-bond acceptors (Lipinski definition) is 6. The summed E-state index contributed by atoms with van der Waals surface area (Å²) < 4.78 is 11.5. The van der Waals surface area contributed by atoms with Crippen molar-refractivity contribution in [3.63, 3.8) is 0 Å². The fourth-order valence-electron chi connectivity index (χ4n) is 3.08. The quantitative estimate of drug-likeness (QED) is 0.506. The van der Waals surface area contributed by atoms with Crippen LogP contribution in [-0.4, -0.2) is 25.1 Å². The Kier molecular flexibility index (Phi) is 5.62. The normalized spacial score (nSPS) is 13.4. The third-order valence-electron chi connectivity index (χ3n) is 4.32. The molecule has 1 N–H and O–H groups in total. The summed E-state index contributed by atoms with van der Waals surface area (Å²) in [5.41, 5.74) is 1.30. The van der Waals surface area contributed by atoms with Gasteiger partial charge >= 0.3 is 5.97 Å². The SMILES string of the molecule is CCOC(=O)c1c(NC(=O)c2sc3cc(Cl)ccc3c2Cl)sc2c1CCOC2. The second-order valence-electron chi connectivity index (χ2n) is 6.07. The maximum atomic E-state index is 12.9. The highest BCUT2D eigenvalue weighted by Crippen LogP contribution is 2.40. The first kappa shape index (κ1) is 19.7. The minimum absolute atomic E-state index is 0.260. The van der Waals surface area contributed by atoms with E-state index in [1.54, 1.807) is 25.1 Å². The van der Waals surface area contributed by atoms with Crippen molar-refractivity contribution in [2.45, 2.75) is 20.0 Å². The lowest BCUT2D eigenvalue weighted by atomic mass is 10.1. The molecule has 9 heteroatoms. The maximum absolute atomic E-state index is 12.9. The predicted octanol–water partition coefficient (Wildman–Crippen LogP) is 5.77. The average molecular weight is 456 g/mol. The number of hydrogen-bond donors (Lipinski definition) is 1. The van der Waals surface area contributed by atoms with E-state index in [2.05, 4.69) is 5.32 Å². The van der Waals surface area contributed by atoms with Crippen molar-refractivity contribution in [2.24, 2.45) is 0 Å². The lowest BCUT2D eigenvalue weighted by Gasteiger charge is -2.13. The van der Waals surface area contributed by atoms with Gasteiger partial charge in [-0.1, -0.05) is 29.3 Å². The summed E-state index contributed by atoms with van der Waals surface area (Å²) in [5.74, 6) is -0.807. The van der Waals surface area contributed by atoms with Crippen molar-refractivity contribution < 1.29 is 19.1 Å². The zero-order valence-corrected chi connectivity index (χ0v) is 17.9. The summed E-state index contributed by atoms with van der Waals surface area (Å²) in [6.45, 7) is 2.97. The highest BCUT2D eigenvalue weighted by atomic mass is 35.5. The molecule has 3 aromatic rings. The van der Waals surface area contributed by atoms with Crippen LogP contribution in [0.3, 0.4) is 0 Å². The van der Waals surface area contributed by atoms with Crippen LogP contribution in [0.15, 0.2) is 18.2 Å². The number of anilines is 1. The molecule has 2 aromatic heterocycles. The van der Waals surface area contributed by atoms with Crippen LogP contribution in [0, 0.1) is 0 Å². The number of esters is 1. The van der Waals surface area contributed by atoms with Crippen LogP contribution in [0.2, 0.25) is 10.0 Å². The molecule has 0 spiro atoms. The summed E-state index contributed by atoms with van der Waals surface area (Å²) >= 11 is 15.1. The largest absolute Gasteiger partial charge is 0.462 e. The molecule has 1 aromatic carbocycles. The second kappa shape index (κ2) is 8.00. The first-order valence-electron chi connectivity index (χ1n) is 8.58. The number of carbonyl (C=O) groups excluding carboxylic acids is 2. The Morgan fingerprint density at radius 1 is 1.29 bits per heavy atom. The van der Waals surface area contributed by atoms with Crippen molar-refractivity contribution in [3.05, 3.63) is 49.1 Å². The van der Waals surface area contributed by atoms with Gasteiger partial charge in [-0.05, 0) is 31.0 Å². The van der Waals surface area contributed by atoms with Gasteiger partial charge in [-0.25, -0.2) is 4.79 Å². The molecule has 1 aliphatic heterocycles. The van der Waals surface area contributed by atoms with Gasteiger partial charge in [-0.2, -0.15) is 0 Å². The first-order valence-corrected chi connectivity index (χ1v) is 11.0. The number of thiophene rings is 2. The lowest BCUT2D eigenvalue weighted by molar-refractivity contribution is 0.0524. The molecule has 0 saturated heterocycles. The molecular formula is C19H15Cl2NO4S2. The van der Waals surface area contributed by atoms with Gasteiger partial charge in [0.2, 0.25) is 0 Å². The Balaban J connectivity index is 1.71. The van der Waals surface area contributed by atoms with Gasteiger partial charge in [-0.3, -0.25) is 4.79 Å². The molecule has 4 rings (SSSR count). The number of amides is 1. The Morgan fingerprint density at radius 3 is 2.89 bits per heavy atom. The zero-order chi connectivity index (χ0) is 19.8. The van der Waals surface area contributed by atoms with Gasteiger partial charge in [-0.15, -0.1) is 22.7 Å². The smallest absolute Gasteiger partial charge is 0.341 e. The van der Waals surface area contributed by atoms with Crippen LogP contribution in [0.1, 0.15) is 37.4 Å². The average Bonchev–Trinajstić information content (AvgIpc) is 3.19. The molecule has 1 aliphatic rings. The number of ether oxygens (including phenoxy) is 2. The number of fused-ring (bicyclic) bond motifs is 2. The van der Waals surface area contributed by atoms with E-state index in [4.69, 9.17) is 32.7 Å². The zero-order valence-electron chi connectivity index (χ0n) is 14.8. The van der Waals surface area contributed by atoms with Gasteiger partial charge in [0, 0.05) is 20.0 Å². The summed E-state index contributed by atoms with van der Waals surface area (Å²) in [5, 5.41) is 5.04. The maximum Gasteiger partial charge on any atom is 0.341 e.